The van der Waals surface area contributed by atoms with Gasteiger partial charge in [0.15, 0.2) is 0 Å². The van der Waals surface area contributed by atoms with Crippen LogP contribution in [0, 0.1) is 0 Å². The van der Waals surface area contributed by atoms with Gasteiger partial charge in [-0.25, -0.2) is 4.79 Å². The number of aromatic nitrogens is 1. The fraction of sp³-hybridized carbons (Fsp3) is 0.579. The van der Waals surface area contributed by atoms with Gasteiger partial charge in [-0.3, -0.25) is 24.2 Å². The summed E-state index contributed by atoms with van der Waals surface area (Å²) in [6.07, 6.45) is 4.29. The second-order valence-corrected chi connectivity index (χ2v) is 13.7. The average molecular weight is 727 g/mol. The van der Waals surface area contributed by atoms with Crippen LogP contribution in [0.2, 0.25) is 0 Å². The quantitative estimate of drug-likeness (QED) is 0.0936. The van der Waals surface area contributed by atoms with Crippen LogP contribution in [0.15, 0.2) is 36.9 Å². The molecule has 0 aliphatic carbocycles. The second-order valence-electron chi connectivity index (χ2n) is 13.7. The minimum absolute atomic E-state index is 0.0139. The van der Waals surface area contributed by atoms with E-state index in [9.17, 15) is 24.0 Å². The summed E-state index contributed by atoms with van der Waals surface area (Å²) in [7, 11) is 4.10. The fourth-order valence-electron chi connectivity index (χ4n) is 5.92. The zero-order valence-electron chi connectivity index (χ0n) is 31.5. The van der Waals surface area contributed by atoms with E-state index in [2.05, 4.69) is 22.2 Å². The summed E-state index contributed by atoms with van der Waals surface area (Å²) in [5.74, 6) is -0.936. The molecular formula is C38H54N4O10. The van der Waals surface area contributed by atoms with E-state index in [1.807, 2.05) is 13.0 Å². The Labute approximate surface area is 305 Å². The van der Waals surface area contributed by atoms with Gasteiger partial charge in [0.1, 0.15) is 35.3 Å². The molecule has 2 N–H and O–H groups in total. The summed E-state index contributed by atoms with van der Waals surface area (Å²) >= 11 is 0. The highest BCUT2D eigenvalue weighted by molar-refractivity contribution is 5.92. The number of amides is 3. The Balaban J connectivity index is 1.99. The number of methoxy groups -OCH3 is 3. The lowest BCUT2D eigenvalue weighted by Gasteiger charge is -2.30. The maximum absolute atomic E-state index is 14.4. The Morgan fingerprint density at radius 2 is 1.75 bits per heavy atom. The Bertz CT molecular complexity index is 1570. The zero-order chi connectivity index (χ0) is 38.4. The van der Waals surface area contributed by atoms with Gasteiger partial charge >= 0.3 is 18.0 Å². The van der Waals surface area contributed by atoms with E-state index in [0.29, 0.717) is 47.4 Å². The minimum Gasteiger partial charge on any atom is -0.497 e. The van der Waals surface area contributed by atoms with Gasteiger partial charge in [-0.15, -0.1) is 6.58 Å². The first-order valence-electron chi connectivity index (χ1n) is 17.7. The van der Waals surface area contributed by atoms with E-state index >= 15 is 0 Å². The second kappa shape index (κ2) is 19.7. The highest BCUT2D eigenvalue weighted by Crippen LogP contribution is 2.32. The Morgan fingerprint density at radius 3 is 2.38 bits per heavy atom. The molecule has 52 heavy (non-hydrogen) atoms. The van der Waals surface area contributed by atoms with Crippen LogP contribution in [0.1, 0.15) is 84.8 Å². The summed E-state index contributed by atoms with van der Waals surface area (Å²) in [6.45, 7) is 10.8. The summed E-state index contributed by atoms with van der Waals surface area (Å²) in [5, 5.41) is 6.29. The highest BCUT2D eigenvalue weighted by Gasteiger charge is 2.44. The van der Waals surface area contributed by atoms with E-state index in [1.54, 1.807) is 45.0 Å². The monoisotopic (exact) mass is 726 g/mol. The topological polar surface area (TPSA) is 172 Å². The molecule has 1 aromatic heterocycles. The van der Waals surface area contributed by atoms with Crippen LogP contribution in [-0.2, 0) is 39.8 Å². The summed E-state index contributed by atoms with van der Waals surface area (Å²) < 4.78 is 27.1. The van der Waals surface area contributed by atoms with Crippen molar-refractivity contribution in [2.75, 3.05) is 27.9 Å². The van der Waals surface area contributed by atoms with Crippen molar-refractivity contribution < 1.29 is 47.7 Å². The van der Waals surface area contributed by atoms with Crippen molar-refractivity contribution in [3.8, 4) is 11.5 Å². The molecule has 0 saturated carbocycles. The van der Waals surface area contributed by atoms with Crippen molar-refractivity contribution in [2.45, 2.75) is 115 Å². The van der Waals surface area contributed by atoms with Crippen molar-refractivity contribution in [2.24, 2.45) is 0 Å². The molecule has 14 nitrogen and oxygen atoms in total. The number of rotatable bonds is 18. The van der Waals surface area contributed by atoms with E-state index in [1.165, 1.54) is 26.2 Å². The molecule has 2 heterocycles. The number of esters is 2. The van der Waals surface area contributed by atoms with Crippen LogP contribution in [0.5, 0.6) is 11.5 Å². The van der Waals surface area contributed by atoms with Gasteiger partial charge in [0.25, 0.3) is 0 Å². The number of nitrogens with one attached hydrogen (secondary N) is 2. The highest BCUT2D eigenvalue weighted by atomic mass is 16.6. The molecule has 1 aliphatic rings. The molecule has 0 spiro atoms. The molecule has 1 aromatic carbocycles. The molecule has 1 fully saturated rings. The zero-order valence-corrected chi connectivity index (χ0v) is 31.5. The van der Waals surface area contributed by atoms with Gasteiger partial charge < -0.3 is 39.2 Å². The van der Waals surface area contributed by atoms with E-state index in [0.717, 1.165) is 19.3 Å². The van der Waals surface area contributed by atoms with Crippen LogP contribution >= 0.6 is 0 Å². The normalized spacial score (nSPS) is 16.7. The molecule has 0 bridgehead atoms. The van der Waals surface area contributed by atoms with Crippen molar-refractivity contribution >= 4 is 40.7 Å². The number of likely N-dealkylation sites (tertiary alicyclic amines) is 1. The maximum Gasteiger partial charge on any atom is 0.408 e. The van der Waals surface area contributed by atoms with Gasteiger partial charge in [0.2, 0.25) is 11.8 Å². The van der Waals surface area contributed by atoms with Gasteiger partial charge in [-0.1, -0.05) is 25.8 Å². The van der Waals surface area contributed by atoms with Crippen LogP contribution in [0.4, 0.5) is 4.79 Å². The number of allylic oxidation sites excluding steroid dienone is 1. The molecule has 4 atom stereocenters. The number of ether oxygens (including phenoxy) is 5. The van der Waals surface area contributed by atoms with Crippen molar-refractivity contribution in [3.63, 3.8) is 0 Å². The summed E-state index contributed by atoms with van der Waals surface area (Å²) in [5.41, 5.74) is 0.118. The third-order valence-electron chi connectivity index (χ3n) is 8.60. The number of fused-ring (bicyclic) bond motifs is 1. The largest absolute Gasteiger partial charge is 0.497 e. The molecule has 3 rings (SSSR count). The number of benzene rings is 1. The van der Waals surface area contributed by atoms with E-state index in [-0.39, 0.29) is 25.8 Å². The molecule has 1 saturated heterocycles. The Hall–Kier alpha value is -4.88. The fourth-order valence-corrected chi connectivity index (χ4v) is 5.92. The standard InChI is InChI=1S/C38H54N4O10/c1-9-11-12-13-14-15-29(41-37(47)52-38(3,4)5)36(46)42-23-27(22-31(42)35(45)40-24(10-2)19-33(43)49-7)51-32-18-25(20-34(44)50-8)39-30-21-26(48-6)16-17-28(30)32/h9,16-18,21,24,27,29,31H,1,10-15,19-20,22-23H2,2-8H3,(H,40,45)(H,41,47)/t24-,27+,29-,31-/m0/s1. The van der Waals surface area contributed by atoms with Gasteiger partial charge in [0, 0.05) is 30.0 Å². The van der Waals surface area contributed by atoms with Crippen LogP contribution < -0.4 is 20.1 Å². The van der Waals surface area contributed by atoms with Crippen LogP contribution in [0.3, 0.4) is 0 Å². The molecule has 0 unspecified atom stereocenters. The minimum atomic E-state index is -0.990. The smallest absolute Gasteiger partial charge is 0.408 e. The SMILES string of the molecule is C=CCCCCC[C@H](NC(=O)OC(C)(C)C)C(=O)N1C[C@H](Oc2cc(CC(=O)OC)nc3cc(OC)ccc23)C[C@H]1C(=O)N[C@@H](CC)CC(=O)OC. The van der Waals surface area contributed by atoms with Crippen LogP contribution in [-0.4, -0.2) is 97.4 Å². The number of hydrogen-bond acceptors (Lipinski definition) is 11. The predicted molar refractivity (Wildman–Crippen MR) is 194 cm³/mol. The first kappa shape index (κ1) is 41.5. The molecular weight excluding hydrogens is 672 g/mol. The first-order valence-corrected chi connectivity index (χ1v) is 17.7. The molecule has 0 radical (unpaired) electrons. The van der Waals surface area contributed by atoms with Gasteiger partial charge in [-0.2, -0.15) is 0 Å². The Morgan fingerprint density at radius 1 is 1.02 bits per heavy atom. The predicted octanol–water partition coefficient (Wildman–Crippen LogP) is 4.79. The number of carbonyl (C=O) groups is 5. The first-order chi connectivity index (χ1) is 24.7. The molecule has 3 amide bonds. The molecule has 1 aliphatic heterocycles. The number of carbonyl (C=O) groups excluding carboxylic acids is 5. The average Bonchev–Trinajstić information content (AvgIpc) is 3.52. The lowest BCUT2D eigenvalue weighted by Crippen LogP contribution is -2.55. The Kier molecular flexibility index (Phi) is 15.7. The summed E-state index contributed by atoms with van der Waals surface area (Å²) in [6, 6.07) is 4.40. The molecule has 14 heteroatoms. The lowest BCUT2D eigenvalue weighted by molar-refractivity contribution is -0.143. The number of alkyl carbamates (subject to hydrolysis) is 1. The van der Waals surface area contributed by atoms with Crippen molar-refractivity contribution in [3.05, 3.63) is 42.6 Å². The molecule has 2 aromatic rings. The van der Waals surface area contributed by atoms with E-state index in [4.69, 9.17) is 23.7 Å². The van der Waals surface area contributed by atoms with Crippen LogP contribution in [0.25, 0.3) is 10.9 Å². The van der Waals surface area contributed by atoms with Gasteiger partial charge in [-0.05, 0) is 58.6 Å². The van der Waals surface area contributed by atoms with Crippen molar-refractivity contribution in [1.82, 2.24) is 20.5 Å². The van der Waals surface area contributed by atoms with Crippen molar-refractivity contribution in [1.29, 1.82) is 0 Å². The third kappa shape index (κ3) is 12.4. The number of pyridine rings is 1. The summed E-state index contributed by atoms with van der Waals surface area (Å²) in [4.78, 5) is 71.6. The number of nitrogens with zero attached hydrogens (tertiary/aromatic N) is 2. The third-order valence-corrected chi connectivity index (χ3v) is 8.60. The van der Waals surface area contributed by atoms with E-state index < -0.39 is 59.7 Å². The van der Waals surface area contributed by atoms with Gasteiger partial charge in [0.05, 0.1) is 51.9 Å². The number of unbranched alkanes of at least 4 members (excludes halogenated alkanes) is 3. The lowest BCUT2D eigenvalue weighted by atomic mass is 10.0. The molecule has 286 valence electrons. The number of hydrogen-bond donors (Lipinski definition) is 2. The maximum atomic E-state index is 14.4.